The molecule has 0 radical (unpaired) electrons. The summed E-state index contributed by atoms with van der Waals surface area (Å²) in [7, 11) is 0. The van der Waals surface area contributed by atoms with E-state index in [9.17, 15) is 19.2 Å². The van der Waals surface area contributed by atoms with E-state index in [4.69, 9.17) is 4.74 Å². The molecule has 2 amide bonds. The van der Waals surface area contributed by atoms with Crippen molar-refractivity contribution in [3.8, 4) is 0 Å². The molecular weight excluding hydrogens is 344 g/mol. The molecule has 0 spiro atoms. The fraction of sp³-hybridized carbons (Fsp3) is 0.765. The topological polar surface area (TPSA) is 92.8 Å². The van der Waals surface area contributed by atoms with Gasteiger partial charge in [0.1, 0.15) is 12.5 Å². The normalized spacial score (nSPS) is 12.2. The lowest BCUT2D eigenvalue weighted by atomic mass is 10.0. The molecule has 0 bridgehead atoms. The van der Waals surface area contributed by atoms with Gasteiger partial charge in [0.15, 0.2) is 0 Å². The van der Waals surface area contributed by atoms with Crippen LogP contribution in [-0.4, -0.2) is 58.3 Å². The number of ether oxygens (including phenoxy) is 1. The Morgan fingerprint density at radius 2 is 1.64 bits per heavy atom. The molecule has 0 fully saturated rings. The van der Waals surface area contributed by atoms with E-state index in [1.807, 2.05) is 13.8 Å². The molecule has 0 heterocycles. The summed E-state index contributed by atoms with van der Waals surface area (Å²) in [4.78, 5) is 49.9. The number of esters is 1. The molecule has 0 aliphatic carbocycles. The van der Waals surface area contributed by atoms with Crippen LogP contribution >= 0.6 is 11.8 Å². The fourth-order valence-corrected chi connectivity index (χ4v) is 3.29. The van der Waals surface area contributed by atoms with E-state index < -0.39 is 21.9 Å². The van der Waals surface area contributed by atoms with E-state index in [1.54, 1.807) is 32.6 Å². The Morgan fingerprint density at radius 3 is 2.08 bits per heavy atom. The van der Waals surface area contributed by atoms with Crippen molar-refractivity contribution in [1.29, 1.82) is 0 Å². The highest BCUT2D eigenvalue weighted by Crippen LogP contribution is 2.31. The molecule has 25 heavy (non-hydrogen) atoms. The summed E-state index contributed by atoms with van der Waals surface area (Å²) in [5.74, 6) is -1.11. The van der Waals surface area contributed by atoms with Gasteiger partial charge in [-0.3, -0.25) is 19.2 Å². The Labute approximate surface area is 154 Å². The van der Waals surface area contributed by atoms with Gasteiger partial charge in [-0.15, -0.1) is 0 Å². The van der Waals surface area contributed by atoms with Crippen LogP contribution in [-0.2, 0) is 23.9 Å². The fourth-order valence-electron chi connectivity index (χ4n) is 2.23. The van der Waals surface area contributed by atoms with Gasteiger partial charge in [0.05, 0.1) is 6.61 Å². The van der Waals surface area contributed by atoms with Crippen LogP contribution in [0.15, 0.2) is 0 Å². The average Bonchev–Trinajstić information content (AvgIpc) is 2.52. The van der Waals surface area contributed by atoms with Gasteiger partial charge < -0.3 is 15.0 Å². The zero-order chi connectivity index (χ0) is 19.6. The predicted molar refractivity (Wildman–Crippen MR) is 98.1 cm³/mol. The minimum absolute atomic E-state index is 0.204. The zero-order valence-corrected chi connectivity index (χ0v) is 16.8. The number of carbonyl (C=O) groups excluding carboxylic acids is 4. The predicted octanol–water partition coefficient (Wildman–Crippen LogP) is 1.74. The zero-order valence-electron chi connectivity index (χ0n) is 16.0. The van der Waals surface area contributed by atoms with Gasteiger partial charge in [0.25, 0.3) is 0 Å². The SMILES string of the molecule is CCOC(=O)CC(=O)SC(C)(C)C(NC(=O)CC)C(=O)N(CC)CC. The highest BCUT2D eigenvalue weighted by molar-refractivity contribution is 8.14. The summed E-state index contributed by atoms with van der Waals surface area (Å²) in [5, 5.41) is 2.32. The van der Waals surface area contributed by atoms with E-state index in [-0.39, 0.29) is 31.3 Å². The van der Waals surface area contributed by atoms with Crippen molar-refractivity contribution in [2.45, 2.75) is 65.2 Å². The Hall–Kier alpha value is -1.57. The molecular formula is C17H30N2O5S. The molecule has 0 aromatic heterocycles. The van der Waals surface area contributed by atoms with Crippen LogP contribution in [0.3, 0.4) is 0 Å². The Morgan fingerprint density at radius 1 is 1.08 bits per heavy atom. The summed E-state index contributed by atoms with van der Waals surface area (Å²) >= 11 is 0.881. The minimum Gasteiger partial charge on any atom is -0.466 e. The molecule has 0 rings (SSSR count). The smallest absolute Gasteiger partial charge is 0.314 e. The Balaban J connectivity index is 5.30. The first-order valence-electron chi connectivity index (χ1n) is 8.58. The van der Waals surface area contributed by atoms with E-state index in [0.717, 1.165) is 11.8 Å². The summed E-state index contributed by atoms with van der Waals surface area (Å²) in [6.45, 7) is 11.7. The first kappa shape index (κ1) is 23.4. The van der Waals surface area contributed by atoms with Crippen molar-refractivity contribution >= 4 is 34.7 Å². The van der Waals surface area contributed by atoms with Crippen molar-refractivity contribution in [3.05, 3.63) is 0 Å². The third-order valence-corrected chi connectivity index (χ3v) is 4.75. The van der Waals surface area contributed by atoms with Crippen molar-refractivity contribution in [3.63, 3.8) is 0 Å². The van der Waals surface area contributed by atoms with Gasteiger partial charge in [-0.1, -0.05) is 18.7 Å². The number of nitrogens with zero attached hydrogens (tertiary/aromatic N) is 1. The molecule has 0 aliphatic heterocycles. The molecule has 0 saturated heterocycles. The summed E-state index contributed by atoms with van der Waals surface area (Å²) in [5.41, 5.74) is 0. The van der Waals surface area contributed by atoms with Gasteiger partial charge >= 0.3 is 5.97 Å². The van der Waals surface area contributed by atoms with E-state index in [0.29, 0.717) is 13.1 Å². The van der Waals surface area contributed by atoms with Crippen molar-refractivity contribution in [2.75, 3.05) is 19.7 Å². The number of hydrogen-bond donors (Lipinski definition) is 1. The van der Waals surface area contributed by atoms with Crippen LogP contribution in [0.1, 0.15) is 54.4 Å². The molecule has 0 aliphatic rings. The molecule has 0 aromatic carbocycles. The lowest BCUT2D eigenvalue weighted by Crippen LogP contribution is -2.57. The van der Waals surface area contributed by atoms with Crippen LogP contribution < -0.4 is 5.32 Å². The number of nitrogens with one attached hydrogen (secondary N) is 1. The van der Waals surface area contributed by atoms with Gasteiger partial charge in [-0.2, -0.15) is 0 Å². The maximum Gasteiger partial charge on any atom is 0.314 e. The third-order valence-electron chi connectivity index (χ3n) is 3.61. The monoisotopic (exact) mass is 374 g/mol. The van der Waals surface area contributed by atoms with Gasteiger partial charge in [0, 0.05) is 24.3 Å². The summed E-state index contributed by atoms with van der Waals surface area (Å²) in [6, 6.07) is -0.865. The molecule has 0 aromatic rings. The Bertz CT molecular complexity index is 489. The van der Waals surface area contributed by atoms with Crippen molar-refractivity contribution < 1.29 is 23.9 Å². The van der Waals surface area contributed by atoms with Crippen molar-refractivity contribution in [1.82, 2.24) is 10.2 Å². The molecule has 1 N–H and O–H groups in total. The number of carbonyl (C=O) groups is 4. The van der Waals surface area contributed by atoms with Crippen LogP contribution in [0.2, 0.25) is 0 Å². The maximum atomic E-state index is 12.8. The number of thioether (sulfide) groups is 1. The maximum absolute atomic E-state index is 12.8. The summed E-state index contributed by atoms with van der Waals surface area (Å²) < 4.78 is 3.86. The molecule has 1 atom stereocenters. The lowest BCUT2D eigenvalue weighted by Gasteiger charge is -2.35. The second-order valence-electron chi connectivity index (χ2n) is 5.92. The first-order chi connectivity index (χ1) is 11.6. The number of hydrogen-bond acceptors (Lipinski definition) is 6. The summed E-state index contributed by atoms with van der Waals surface area (Å²) in [6.07, 6.45) is -0.130. The third kappa shape index (κ3) is 7.90. The highest BCUT2D eigenvalue weighted by Gasteiger charge is 2.40. The number of rotatable bonds is 10. The molecule has 1 unspecified atom stereocenters. The van der Waals surface area contributed by atoms with E-state index >= 15 is 0 Å². The Kier molecular flexibility index (Phi) is 10.4. The number of likely N-dealkylation sites (N-methyl/N-ethyl adjacent to an activating group) is 1. The quantitative estimate of drug-likeness (QED) is 0.462. The van der Waals surface area contributed by atoms with E-state index in [2.05, 4.69) is 5.32 Å². The second kappa shape index (κ2) is 11.1. The van der Waals surface area contributed by atoms with Crippen LogP contribution in [0.4, 0.5) is 0 Å². The van der Waals surface area contributed by atoms with Crippen LogP contribution in [0.5, 0.6) is 0 Å². The molecule has 7 nitrogen and oxygen atoms in total. The number of amides is 2. The largest absolute Gasteiger partial charge is 0.466 e. The molecule has 144 valence electrons. The second-order valence-corrected chi connectivity index (χ2v) is 7.64. The van der Waals surface area contributed by atoms with Gasteiger partial charge in [-0.05, 0) is 34.6 Å². The van der Waals surface area contributed by atoms with Crippen molar-refractivity contribution in [2.24, 2.45) is 0 Å². The average molecular weight is 375 g/mol. The first-order valence-corrected chi connectivity index (χ1v) is 9.40. The van der Waals surface area contributed by atoms with Crippen LogP contribution in [0.25, 0.3) is 0 Å². The molecule has 0 saturated carbocycles. The lowest BCUT2D eigenvalue weighted by molar-refractivity contribution is -0.144. The van der Waals surface area contributed by atoms with Gasteiger partial charge in [-0.25, -0.2) is 0 Å². The minimum atomic E-state index is -0.909. The van der Waals surface area contributed by atoms with E-state index in [1.165, 1.54) is 0 Å². The highest BCUT2D eigenvalue weighted by atomic mass is 32.2. The van der Waals surface area contributed by atoms with Crippen LogP contribution in [0, 0.1) is 0 Å². The van der Waals surface area contributed by atoms with Gasteiger partial charge in [0.2, 0.25) is 16.9 Å². The molecule has 8 heteroatoms. The standard InChI is InChI=1S/C17H30N2O5S/c1-7-12(20)18-15(16(23)19(8-2)9-3)17(5,6)25-14(22)11-13(21)24-10-4/h15H,7-11H2,1-6H3,(H,18,20).